The second-order valence-electron chi connectivity index (χ2n) is 4.31. The van der Waals surface area contributed by atoms with Gasteiger partial charge in [0.2, 0.25) is 0 Å². The Kier molecular flexibility index (Phi) is 4.39. The molecule has 1 fully saturated rings. The molecule has 0 bridgehead atoms. The zero-order valence-corrected chi connectivity index (χ0v) is 9.45. The lowest BCUT2D eigenvalue weighted by Gasteiger charge is -2.19. The van der Waals surface area contributed by atoms with Crippen LogP contribution in [0.4, 0.5) is 0 Å². The van der Waals surface area contributed by atoms with E-state index in [0.717, 1.165) is 19.0 Å². The molecule has 1 rings (SSSR count). The number of carbonyl (C=O) groups is 1. The van der Waals surface area contributed by atoms with Crippen molar-refractivity contribution in [3.8, 4) is 0 Å². The monoisotopic (exact) mass is 199 g/mol. The molecular formula is C11H21NO2. The van der Waals surface area contributed by atoms with Crippen molar-refractivity contribution in [2.24, 2.45) is 5.92 Å². The van der Waals surface area contributed by atoms with Gasteiger partial charge >= 0.3 is 5.97 Å². The van der Waals surface area contributed by atoms with Gasteiger partial charge in [-0.05, 0) is 39.2 Å². The Balaban J connectivity index is 2.20. The summed E-state index contributed by atoms with van der Waals surface area (Å²) in [6, 6.07) is 0. The van der Waals surface area contributed by atoms with Gasteiger partial charge in [-0.2, -0.15) is 0 Å². The normalized spacial score (nSPS) is 16.4. The molecule has 0 radical (unpaired) electrons. The fraction of sp³-hybridized carbons (Fsp3) is 0.909. The molecule has 3 heteroatoms. The number of likely N-dealkylation sites (N-methyl/N-ethyl adjacent to an activating group) is 1. The lowest BCUT2D eigenvalue weighted by atomic mass is 10.3. The number of carbonyl (C=O) groups excluding carboxylic acids is 1. The Bertz CT molecular complexity index is 188. The molecule has 0 atom stereocenters. The summed E-state index contributed by atoms with van der Waals surface area (Å²) < 4.78 is 5.10. The summed E-state index contributed by atoms with van der Waals surface area (Å²) in [4.78, 5) is 13.5. The summed E-state index contributed by atoms with van der Waals surface area (Å²) in [7, 11) is 0. The topological polar surface area (TPSA) is 29.5 Å². The molecule has 1 aliphatic carbocycles. The van der Waals surface area contributed by atoms with Crippen LogP contribution in [-0.4, -0.2) is 36.6 Å². The second kappa shape index (κ2) is 5.35. The first-order valence-electron chi connectivity index (χ1n) is 5.53. The molecule has 14 heavy (non-hydrogen) atoms. The van der Waals surface area contributed by atoms with Crippen LogP contribution >= 0.6 is 0 Å². The van der Waals surface area contributed by atoms with E-state index >= 15 is 0 Å². The van der Waals surface area contributed by atoms with Gasteiger partial charge in [0.1, 0.15) is 0 Å². The summed E-state index contributed by atoms with van der Waals surface area (Å²) in [6.45, 7) is 8.30. The highest BCUT2D eigenvalue weighted by molar-refractivity contribution is 5.71. The summed E-state index contributed by atoms with van der Waals surface area (Å²) in [6.07, 6.45) is 2.66. The number of hydrogen-bond acceptors (Lipinski definition) is 3. The molecule has 0 spiro atoms. The fourth-order valence-corrected chi connectivity index (χ4v) is 1.45. The third-order valence-electron chi connectivity index (χ3n) is 2.38. The highest BCUT2D eigenvalue weighted by Gasteiger charge is 2.24. The van der Waals surface area contributed by atoms with Crippen molar-refractivity contribution in [3.05, 3.63) is 0 Å². The zero-order valence-electron chi connectivity index (χ0n) is 9.45. The molecule has 0 aliphatic heterocycles. The SMILES string of the molecule is CCN(CC(=O)OC(C)C)CC1CC1. The van der Waals surface area contributed by atoms with Gasteiger partial charge in [-0.3, -0.25) is 9.69 Å². The third kappa shape index (κ3) is 4.61. The maximum absolute atomic E-state index is 11.4. The molecule has 0 saturated heterocycles. The van der Waals surface area contributed by atoms with Crippen LogP contribution in [0.5, 0.6) is 0 Å². The first kappa shape index (κ1) is 11.5. The van der Waals surface area contributed by atoms with Crippen molar-refractivity contribution in [3.63, 3.8) is 0 Å². The van der Waals surface area contributed by atoms with Gasteiger partial charge in [0.05, 0.1) is 12.6 Å². The van der Waals surface area contributed by atoms with Gasteiger partial charge in [0.25, 0.3) is 0 Å². The van der Waals surface area contributed by atoms with Gasteiger partial charge in [-0.25, -0.2) is 0 Å². The molecule has 0 aromatic rings. The first-order valence-corrected chi connectivity index (χ1v) is 5.53. The molecule has 0 aromatic heterocycles. The lowest BCUT2D eigenvalue weighted by Crippen LogP contribution is -2.33. The van der Waals surface area contributed by atoms with Crippen LogP contribution in [0.1, 0.15) is 33.6 Å². The Morgan fingerprint density at radius 2 is 2.14 bits per heavy atom. The van der Waals surface area contributed by atoms with Crippen LogP contribution in [0, 0.1) is 5.92 Å². The largest absolute Gasteiger partial charge is 0.462 e. The van der Waals surface area contributed by atoms with Crippen LogP contribution < -0.4 is 0 Å². The maximum atomic E-state index is 11.4. The minimum absolute atomic E-state index is 0.00197. The Labute approximate surface area is 86.4 Å². The van der Waals surface area contributed by atoms with E-state index < -0.39 is 0 Å². The van der Waals surface area contributed by atoms with Crippen molar-refractivity contribution < 1.29 is 9.53 Å². The van der Waals surface area contributed by atoms with E-state index in [2.05, 4.69) is 11.8 Å². The molecule has 1 aliphatic rings. The molecule has 82 valence electrons. The smallest absolute Gasteiger partial charge is 0.320 e. The van der Waals surface area contributed by atoms with E-state index in [1.807, 2.05) is 13.8 Å². The third-order valence-corrected chi connectivity index (χ3v) is 2.38. The van der Waals surface area contributed by atoms with Crippen molar-refractivity contribution in [1.29, 1.82) is 0 Å². The standard InChI is InChI=1S/C11H21NO2/c1-4-12(7-10-5-6-10)8-11(13)14-9(2)3/h9-10H,4-8H2,1-3H3. The molecule has 0 aromatic carbocycles. The van der Waals surface area contributed by atoms with Crippen LogP contribution in [0.15, 0.2) is 0 Å². The number of ether oxygens (including phenoxy) is 1. The predicted octanol–water partition coefficient (Wildman–Crippen LogP) is 1.67. The van der Waals surface area contributed by atoms with Crippen molar-refractivity contribution in [2.75, 3.05) is 19.6 Å². The lowest BCUT2D eigenvalue weighted by molar-refractivity contribution is -0.148. The van der Waals surface area contributed by atoms with Crippen LogP contribution in [0.25, 0.3) is 0 Å². The van der Waals surface area contributed by atoms with Crippen molar-refractivity contribution in [2.45, 2.75) is 39.7 Å². The van der Waals surface area contributed by atoms with Gasteiger partial charge in [0, 0.05) is 6.54 Å². The van der Waals surface area contributed by atoms with Gasteiger partial charge in [0.15, 0.2) is 0 Å². The van der Waals surface area contributed by atoms with Gasteiger partial charge in [-0.1, -0.05) is 6.92 Å². The van der Waals surface area contributed by atoms with E-state index in [4.69, 9.17) is 4.74 Å². The predicted molar refractivity (Wildman–Crippen MR) is 56.1 cm³/mol. The molecular weight excluding hydrogens is 178 g/mol. The highest BCUT2D eigenvalue weighted by Crippen LogP contribution is 2.29. The average Bonchev–Trinajstić information content (AvgIpc) is 2.85. The van der Waals surface area contributed by atoms with Gasteiger partial charge in [-0.15, -0.1) is 0 Å². The van der Waals surface area contributed by atoms with E-state index in [1.54, 1.807) is 0 Å². The van der Waals surface area contributed by atoms with Crippen LogP contribution in [0.3, 0.4) is 0 Å². The Hall–Kier alpha value is -0.570. The molecule has 0 N–H and O–H groups in total. The quantitative estimate of drug-likeness (QED) is 0.609. The summed E-state index contributed by atoms with van der Waals surface area (Å²) >= 11 is 0. The van der Waals surface area contributed by atoms with Crippen molar-refractivity contribution >= 4 is 5.97 Å². The fourth-order valence-electron chi connectivity index (χ4n) is 1.45. The highest BCUT2D eigenvalue weighted by atomic mass is 16.5. The molecule has 0 amide bonds. The minimum Gasteiger partial charge on any atom is -0.462 e. The van der Waals surface area contributed by atoms with Gasteiger partial charge < -0.3 is 4.74 Å². The molecule has 0 heterocycles. The van der Waals surface area contributed by atoms with Crippen LogP contribution in [0.2, 0.25) is 0 Å². The number of rotatable bonds is 6. The van der Waals surface area contributed by atoms with Crippen LogP contribution in [-0.2, 0) is 9.53 Å². The van der Waals surface area contributed by atoms with Crippen molar-refractivity contribution in [1.82, 2.24) is 4.90 Å². The summed E-state index contributed by atoms with van der Waals surface area (Å²) in [5.74, 6) is 0.740. The Morgan fingerprint density at radius 1 is 1.50 bits per heavy atom. The molecule has 3 nitrogen and oxygen atoms in total. The molecule has 1 saturated carbocycles. The number of esters is 1. The van der Waals surface area contributed by atoms with E-state index in [-0.39, 0.29) is 12.1 Å². The number of hydrogen-bond donors (Lipinski definition) is 0. The van der Waals surface area contributed by atoms with E-state index in [9.17, 15) is 4.79 Å². The minimum atomic E-state index is -0.0949. The first-order chi connectivity index (χ1) is 6.61. The second-order valence-corrected chi connectivity index (χ2v) is 4.31. The Morgan fingerprint density at radius 3 is 2.57 bits per heavy atom. The zero-order chi connectivity index (χ0) is 10.6. The van der Waals surface area contributed by atoms with E-state index in [0.29, 0.717) is 6.54 Å². The molecule has 0 unspecified atom stereocenters. The average molecular weight is 199 g/mol. The summed E-state index contributed by atoms with van der Waals surface area (Å²) in [5, 5.41) is 0. The van der Waals surface area contributed by atoms with E-state index in [1.165, 1.54) is 12.8 Å². The number of nitrogens with zero attached hydrogens (tertiary/aromatic N) is 1. The maximum Gasteiger partial charge on any atom is 0.320 e. The summed E-state index contributed by atoms with van der Waals surface area (Å²) in [5.41, 5.74) is 0.